The van der Waals surface area contributed by atoms with Gasteiger partial charge in [0.05, 0.1) is 13.7 Å². The summed E-state index contributed by atoms with van der Waals surface area (Å²) in [5.74, 6) is 1.15. The normalized spacial score (nSPS) is 16.4. The van der Waals surface area contributed by atoms with E-state index in [2.05, 4.69) is 11.0 Å². The molecule has 0 saturated carbocycles. The number of benzene rings is 2. The summed E-state index contributed by atoms with van der Waals surface area (Å²) in [6.07, 6.45) is 2.08. The third-order valence-electron chi connectivity index (χ3n) is 6.07. The topological polar surface area (TPSA) is 53.1 Å². The molecular formula is C24H29N3O3. The number of amides is 2. The van der Waals surface area contributed by atoms with E-state index in [-0.39, 0.29) is 11.8 Å². The number of methoxy groups -OCH3 is 1. The fourth-order valence-corrected chi connectivity index (χ4v) is 4.34. The van der Waals surface area contributed by atoms with E-state index >= 15 is 0 Å². The number of anilines is 1. The Bertz CT molecular complexity index is 906. The molecule has 2 heterocycles. The van der Waals surface area contributed by atoms with Crippen molar-refractivity contribution < 1.29 is 14.3 Å². The molecule has 0 bridgehead atoms. The van der Waals surface area contributed by atoms with Crippen molar-refractivity contribution in [2.24, 2.45) is 0 Å². The zero-order chi connectivity index (χ0) is 20.9. The average Bonchev–Trinajstić information content (AvgIpc) is 3.22. The zero-order valence-electron chi connectivity index (χ0n) is 17.5. The van der Waals surface area contributed by atoms with Crippen molar-refractivity contribution in [3.05, 3.63) is 59.7 Å². The Labute approximate surface area is 178 Å². The molecule has 6 heteroatoms. The third-order valence-corrected chi connectivity index (χ3v) is 6.07. The smallest absolute Gasteiger partial charge is 0.241 e. The van der Waals surface area contributed by atoms with Crippen LogP contribution < -0.4 is 9.64 Å². The number of rotatable bonds is 6. The lowest BCUT2D eigenvalue weighted by molar-refractivity contribution is -0.133. The summed E-state index contributed by atoms with van der Waals surface area (Å²) in [7, 11) is 1.65. The van der Waals surface area contributed by atoms with E-state index in [0.29, 0.717) is 32.5 Å². The Balaban J connectivity index is 1.24. The molecule has 30 heavy (non-hydrogen) atoms. The van der Waals surface area contributed by atoms with Crippen LogP contribution in [0.25, 0.3) is 0 Å². The SMILES string of the molecule is COc1ccccc1CCC(=O)N1CCN(CC(=O)N2CCc3ccccc32)CC1. The minimum atomic E-state index is 0.149. The number of carbonyl (C=O) groups excluding carboxylic acids is 2. The molecule has 2 aliphatic rings. The molecule has 158 valence electrons. The molecule has 2 aromatic carbocycles. The van der Waals surface area contributed by atoms with Gasteiger partial charge < -0.3 is 14.5 Å². The second-order valence-corrected chi connectivity index (χ2v) is 7.89. The molecular weight excluding hydrogens is 378 g/mol. The first-order valence-corrected chi connectivity index (χ1v) is 10.7. The van der Waals surface area contributed by atoms with Crippen LogP contribution in [-0.4, -0.2) is 68.0 Å². The Kier molecular flexibility index (Phi) is 6.33. The highest BCUT2D eigenvalue weighted by molar-refractivity contribution is 5.96. The molecule has 2 aromatic rings. The predicted molar refractivity (Wildman–Crippen MR) is 117 cm³/mol. The summed E-state index contributed by atoms with van der Waals surface area (Å²) < 4.78 is 5.37. The van der Waals surface area contributed by atoms with E-state index < -0.39 is 0 Å². The molecule has 0 aliphatic carbocycles. The molecule has 0 unspecified atom stereocenters. The molecule has 1 fully saturated rings. The van der Waals surface area contributed by atoms with Crippen LogP contribution in [0.1, 0.15) is 17.5 Å². The summed E-state index contributed by atoms with van der Waals surface area (Å²) >= 11 is 0. The van der Waals surface area contributed by atoms with E-state index in [1.54, 1.807) is 7.11 Å². The van der Waals surface area contributed by atoms with Crippen molar-refractivity contribution in [2.75, 3.05) is 51.3 Å². The molecule has 0 spiro atoms. The quantitative estimate of drug-likeness (QED) is 0.738. The van der Waals surface area contributed by atoms with Gasteiger partial charge in [-0.25, -0.2) is 0 Å². The lowest BCUT2D eigenvalue weighted by Gasteiger charge is -2.35. The number of fused-ring (bicyclic) bond motifs is 1. The van der Waals surface area contributed by atoms with Gasteiger partial charge in [0.2, 0.25) is 11.8 Å². The fraction of sp³-hybridized carbons (Fsp3) is 0.417. The predicted octanol–water partition coefficient (Wildman–Crippen LogP) is 2.36. The number of carbonyl (C=O) groups is 2. The number of piperazine rings is 1. The van der Waals surface area contributed by atoms with Gasteiger partial charge in [0, 0.05) is 44.8 Å². The maximum atomic E-state index is 12.8. The molecule has 4 rings (SSSR count). The first kappa shape index (κ1) is 20.4. The Morgan fingerprint density at radius 1 is 0.900 bits per heavy atom. The average molecular weight is 408 g/mol. The van der Waals surface area contributed by atoms with Crippen LogP contribution in [0.2, 0.25) is 0 Å². The highest BCUT2D eigenvalue weighted by Gasteiger charge is 2.27. The molecule has 6 nitrogen and oxygen atoms in total. The van der Waals surface area contributed by atoms with Crippen LogP contribution in [0.4, 0.5) is 5.69 Å². The lowest BCUT2D eigenvalue weighted by atomic mass is 10.1. The van der Waals surface area contributed by atoms with Crippen molar-refractivity contribution in [2.45, 2.75) is 19.3 Å². The second kappa shape index (κ2) is 9.30. The molecule has 1 saturated heterocycles. The van der Waals surface area contributed by atoms with Crippen LogP contribution in [0.15, 0.2) is 48.5 Å². The standard InChI is InChI=1S/C24H29N3O3/c1-30-22-9-5-3-7-20(22)10-11-23(28)26-16-14-25(15-17-26)18-24(29)27-13-12-19-6-2-4-8-21(19)27/h2-9H,10-18H2,1H3. The number of nitrogens with zero attached hydrogens (tertiary/aromatic N) is 3. The van der Waals surface area contributed by atoms with Gasteiger partial charge in [0.15, 0.2) is 0 Å². The minimum Gasteiger partial charge on any atom is -0.496 e. The Morgan fingerprint density at radius 3 is 2.43 bits per heavy atom. The monoisotopic (exact) mass is 407 g/mol. The maximum Gasteiger partial charge on any atom is 0.241 e. The van der Waals surface area contributed by atoms with Crippen molar-refractivity contribution in [1.82, 2.24) is 9.80 Å². The maximum absolute atomic E-state index is 12.8. The van der Waals surface area contributed by atoms with Crippen LogP contribution in [0.5, 0.6) is 5.75 Å². The Hall–Kier alpha value is -2.86. The summed E-state index contributed by atoms with van der Waals surface area (Å²) in [5.41, 5.74) is 3.35. The van der Waals surface area contributed by atoms with E-state index in [9.17, 15) is 9.59 Å². The number of aryl methyl sites for hydroxylation is 1. The van der Waals surface area contributed by atoms with Gasteiger partial charge in [-0.2, -0.15) is 0 Å². The van der Waals surface area contributed by atoms with Gasteiger partial charge in [0.1, 0.15) is 5.75 Å². The molecule has 0 N–H and O–H groups in total. The van der Waals surface area contributed by atoms with Gasteiger partial charge in [-0.3, -0.25) is 14.5 Å². The second-order valence-electron chi connectivity index (χ2n) is 7.89. The molecule has 0 radical (unpaired) electrons. The van der Waals surface area contributed by atoms with E-state index in [1.165, 1.54) is 5.56 Å². The van der Waals surface area contributed by atoms with Crippen LogP contribution >= 0.6 is 0 Å². The fourth-order valence-electron chi connectivity index (χ4n) is 4.34. The summed E-state index contributed by atoms with van der Waals surface area (Å²) in [4.78, 5) is 31.4. The van der Waals surface area contributed by atoms with Gasteiger partial charge in [-0.05, 0) is 36.1 Å². The third kappa shape index (κ3) is 4.49. The van der Waals surface area contributed by atoms with Gasteiger partial charge >= 0.3 is 0 Å². The van der Waals surface area contributed by atoms with Crippen LogP contribution in [0, 0.1) is 0 Å². The summed E-state index contributed by atoms with van der Waals surface area (Å²) in [6.45, 7) is 4.00. The molecule has 0 aromatic heterocycles. The first-order chi connectivity index (χ1) is 14.7. The van der Waals surface area contributed by atoms with Crippen molar-refractivity contribution in [1.29, 1.82) is 0 Å². The summed E-state index contributed by atoms with van der Waals surface area (Å²) in [6, 6.07) is 16.0. The van der Waals surface area contributed by atoms with Gasteiger partial charge in [0.25, 0.3) is 0 Å². The molecule has 0 atom stereocenters. The molecule has 2 amide bonds. The zero-order valence-corrected chi connectivity index (χ0v) is 17.5. The molecule has 2 aliphatic heterocycles. The van der Waals surface area contributed by atoms with E-state index in [4.69, 9.17) is 4.74 Å². The number of para-hydroxylation sites is 2. The van der Waals surface area contributed by atoms with E-state index in [0.717, 1.165) is 43.1 Å². The van der Waals surface area contributed by atoms with Gasteiger partial charge in [-0.1, -0.05) is 36.4 Å². The van der Waals surface area contributed by atoms with Crippen molar-refractivity contribution in [3.63, 3.8) is 0 Å². The highest BCUT2D eigenvalue weighted by atomic mass is 16.5. The van der Waals surface area contributed by atoms with Crippen LogP contribution in [0.3, 0.4) is 0 Å². The lowest BCUT2D eigenvalue weighted by Crippen LogP contribution is -2.51. The van der Waals surface area contributed by atoms with Crippen LogP contribution in [-0.2, 0) is 22.4 Å². The number of hydrogen-bond donors (Lipinski definition) is 0. The van der Waals surface area contributed by atoms with Crippen molar-refractivity contribution in [3.8, 4) is 5.75 Å². The first-order valence-electron chi connectivity index (χ1n) is 10.7. The summed E-state index contributed by atoms with van der Waals surface area (Å²) in [5, 5.41) is 0. The van der Waals surface area contributed by atoms with E-state index in [1.807, 2.05) is 52.3 Å². The number of ether oxygens (including phenoxy) is 1. The largest absolute Gasteiger partial charge is 0.496 e. The van der Waals surface area contributed by atoms with Crippen molar-refractivity contribution >= 4 is 17.5 Å². The minimum absolute atomic E-state index is 0.149. The Morgan fingerprint density at radius 2 is 1.63 bits per heavy atom. The van der Waals surface area contributed by atoms with Gasteiger partial charge in [-0.15, -0.1) is 0 Å². The number of hydrogen-bond acceptors (Lipinski definition) is 4. The highest BCUT2D eigenvalue weighted by Crippen LogP contribution is 2.27.